The molecule has 0 bridgehead atoms. The lowest BCUT2D eigenvalue weighted by Crippen LogP contribution is -2.27. The third-order valence-corrected chi connectivity index (χ3v) is 4.47. The van der Waals surface area contributed by atoms with Gasteiger partial charge in [-0.1, -0.05) is 12.1 Å². The van der Waals surface area contributed by atoms with E-state index in [4.69, 9.17) is 27.9 Å². The molecule has 0 aliphatic heterocycles. The molecule has 26 heavy (non-hydrogen) atoms. The van der Waals surface area contributed by atoms with E-state index in [9.17, 15) is 8.42 Å². The van der Waals surface area contributed by atoms with Gasteiger partial charge in [-0.2, -0.15) is 0 Å². The lowest BCUT2D eigenvalue weighted by Gasteiger charge is -2.20. The monoisotopic (exact) mass is 416 g/mol. The molecule has 1 N–H and O–H groups in total. The number of nitrogens with one attached hydrogen (secondary N) is 1. The highest BCUT2D eigenvalue weighted by Gasteiger charge is 2.06. The van der Waals surface area contributed by atoms with Crippen LogP contribution in [0.4, 0.5) is 5.69 Å². The molecule has 0 atom stereocenters. The van der Waals surface area contributed by atoms with Gasteiger partial charge in [-0.15, -0.1) is 23.2 Å². The number of alkyl halides is 2. The number of anilines is 1. The van der Waals surface area contributed by atoms with Gasteiger partial charge in [-0.3, -0.25) is 9.62 Å². The third kappa shape index (κ3) is 7.41. The molecule has 0 amide bonds. The van der Waals surface area contributed by atoms with Crippen molar-refractivity contribution >= 4 is 38.9 Å². The van der Waals surface area contributed by atoms with E-state index in [1.54, 1.807) is 24.3 Å². The Bertz CT molecular complexity index is 775. The summed E-state index contributed by atoms with van der Waals surface area (Å²) in [7, 11) is -3.28. The van der Waals surface area contributed by atoms with Gasteiger partial charge in [0.25, 0.3) is 0 Å². The zero-order valence-corrected chi connectivity index (χ0v) is 16.8. The molecule has 5 nitrogen and oxygen atoms in total. The second kappa shape index (κ2) is 10.0. The Morgan fingerprint density at radius 3 is 1.88 bits per heavy atom. The Balaban J connectivity index is 1.96. The number of ether oxygens (including phenoxy) is 1. The molecule has 142 valence electrons. The minimum absolute atomic E-state index is 0.494. The molecular weight excluding hydrogens is 395 g/mol. The summed E-state index contributed by atoms with van der Waals surface area (Å²) in [5.74, 6) is 2.48. The Labute approximate surface area is 164 Å². The highest BCUT2D eigenvalue weighted by atomic mass is 35.5. The van der Waals surface area contributed by atoms with Crippen molar-refractivity contribution in [2.24, 2.45) is 0 Å². The minimum atomic E-state index is -3.28. The van der Waals surface area contributed by atoms with Crippen LogP contribution in [0.15, 0.2) is 48.5 Å². The number of benzene rings is 2. The largest absolute Gasteiger partial charge is 0.457 e. The highest BCUT2D eigenvalue weighted by Crippen LogP contribution is 2.24. The second-order valence-corrected chi connectivity index (χ2v) is 8.30. The van der Waals surface area contributed by atoms with Crippen LogP contribution >= 0.6 is 23.2 Å². The van der Waals surface area contributed by atoms with Crippen LogP contribution in [-0.4, -0.2) is 44.4 Å². The fourth-order valence-corrected chi connectivity index (χ4v) is 3.41. The van der Waals surface area contributed by atoms with E-state index in [0.717, 1.165) is 31.5 Å². The maximum atomic E-state index is 11.2. The average Bonchev–Trinajstić information content (AvgIpc) is 2.57. The molecule has 8 heteroatoms. The summed E-state index contributed by atoms with van der Waals surface area (Å²) in [5, 5.41) is 0. The zero-order valence-electron chi connectivity index (χ0n) is 14.5. The molecule has 2 aromatic carbocycles. The molecule has 0 spiro atoms. The number of nitrogens with zero attached hydrogens (tertiary/aromatic N) is 1. The highest BCUT2D eigenvalue weighted by molar-refractivity contribution is 7.92. The molecule has 0 aliphatic rings. The van der Waals surface area contributed by atoms with Gasteiger partial charge in [0.2, 0.25) is 10.0 Å². The van der Waals surface area contributed by atoms with Crippen LogP contribution in [0.5, 0.6) is 11.5 Å². The smallest absolute Gasteiger partial charge is 0.229 e. The maximum absolute atomic E-state index is 11.2. The summed E-state index contributed by atoms with van der Waals surface area (Å²) in [6.45, 7) is 2.37. The molecule has 0 aromatic heterocycles. The van der Waals surface area contributed by atoms with Crippen molar-refractivity contribution < 1.29 is 13.2 Å². The van der Waals surface area contributed by atoms with E-state index >= 15 is 0 Å². The van der Waals surface area contributed by atoms with Crippen LogP contribution in [-0.2, 0) is 16.6 Å². The summed E-state index contributed by atoms with van der Waals surface area (Å²) in [4.78, 5) is 2.20. The van der Waals surface area contributed by atoms with Gasteiger partial charge < -0.3 is 4.74 Å². The van der Waals surface area contributed by atoms with Gasteiger partial charge in [0.15, 0.2) is 0 Å². The van der Waals surface area contributed by atoms with Crippen molar-refractivity contribution in [2.45, 2.75) is 6.54 Å². The molecule has 0 aliphatic carbocycles. The molecule has 0 saturated heterocycles. The Hall–Kier alpha value is -1.47. The van der Waals surface area contributed by atoms with Crippen LogP contribution in [0.2, 0.25) is 0 Å². The number of hydrogen-bond acceptors (Lipinski definition) is 4. The van der Waals surface area contributed by atoms with Gasteiger partial charge in [0.1, 0.15) is 11.5 Å². The molecule has 0 unspecified atom stereocenters. The van der Waals surface area contributed by atoms with Crippen molar-refractivity contribution in [2.75, 3.05) is 35.8 Å². The molecule has 0 saturated carbocycles. The number of rotatable bonds is 10. The van der Waals surface area contributed by atoms with Crippen molar-refractivity contribution in [1.82, 2.24) is 4.90 Å². The topological polar surface area (TPSA) is 58.6 Å². The first-order valence-corrected chi connectivity index (χ1v) is 11.0. The average molecular weight is 417 g/mol. The fraction of sp³-hybridized carbons (Fsp3) is 0.333. The maximum Gasteiger partial charge on any atom is 0.229 e. The molecule has 0 radical (unpaired) electrons. The van der Waals surface area contributed by atoms with Crippen molar-refractivity contribution in [3.8, 4) is 11.5 Å². The predicted molar refractivity (Wildman–Crippen MR) is 108 cm³/mol. The minimum Gasteiger partial charge on any atom is -0.457 e. The molecule has 0 fully saturated rings. The van der Waals surface area contributed by atoms with E-state index in [1.165, 1.54) is 0 Å². The van der Waals surface area contributed by atoms with Gasteiger partial charge in [0, 0.05) is 37.1 Å². The van der Waals surface area contributed by atoms with Crippen LogP contribution in [0.25, 0.3) is 0 Å². The van der Waals surface area contributed by atoms with E-state index < -0.39 is 10.0 Å². The van der Waals surface area contributed by atoms with Gasteiger partial charge >= 0.3 is 0 Å². The van der Waals surface area contributed by atoms with Gasteiger partial charge in [-0.05, 0) is 42.0 Å². The van der Waals surface area contributed by atoms with Crippen LogP contribution in [0.3, 0.4) is 0 Å². The first-order valence-electron chi connectivity index (χ1n) is 8.08. The predicted octanol–water partition coefficient (Wildman–Crippen LogP) is 4.13. The SMILES string of the molecule is CS(=O)(=O)Nc1ccc(Oc2ccc(CN(CCCl)CCCl)cc2)cc1. The summed E-state index contributed by atoms with van der Waals surface area (Å²) in [6, 6.07) is 14.5. The standard InChI is InChI=1S/C18H22Cl2N2O3S/c1-26(23,24)21-16-4-8-18(9-5-16)25-17-6-2-15(3-7-17)14-22(12-10-19)13-11-20/h2-9,21H,10-14H2,1H3. The zero-order chi connectivity index (χ0) is 19.0. The van der Waals surface area contributed by atoms with Crippen LogP contribution < -0.4 is 9.46 Å². The van der Waals surface area contributed by atoms with E-state index in [2.05, 4.69) is 9.62 Å². The van der Waals surface area contributed by atoms with E-state index in [0.29, 0.717) is 28.9 Å². The van der Waals surface area contributed by atoms with Crippen LogP contribution in [0.1, 0.15) is 5.56 Å². The first-order chi connectivity index (χ1) is 12.4. The fourth-order valence-electron chi connectivity index (χ4n) is 2.37. The summed E-state index contributed by atoms with van der Waals surface area (Å²) >= 11 is 11.6. The first kappa shape index (κ1) is 20.8. The summed E-state index contributed by atoms with van der Waals surface area (Å²) in [5.41, 5.74) is 1.65. The van der Waals surface area contributed by atoms with Gasteiger partial charge in [-0.25, -0.2) is 8.42 Å². The Kier molecular flexibility index (Phi) is 8.03. The molecule has 0 heterocycles. The van der Waals surface area contributed by atoms with Crippen molar-refractivity contribution in [3.05, 3.63) is 54.1 Å². The Morgan fingerprint density at radius 1 is 0.923 bits per heavy atom. The third-order valence-electron chi connectivity index (χ3n) is 3.52. The second-order valence-electron chi connectivity index (χ2n) is 5.80. The molecule has 2 rings (SSSR count). The van der Waals surface area contributed by atoms with Gasteiger partial charge in [0.05, 0.1) is 6.26 Å². The van der Waals surface area contributed by atoms with Crippen molar-refractivity contribution in [3.63, 3.8) is 0 Å². The number of hydrogen-bond donors (Lipinski definition) is 1. The van der Waals surface area contributed by atoms with Crippen LogP contribution in [0, 0.1) is 0 Å². The van der Waals surface area contributed by atoms with E-state index in [-0.39, 0.29) is 0 Å². The summed E-state index contributed by atoms with van der Waals surface area (Å²) < 4.78 is 30.6. The normalized spacial score (nSPS) is 11.5. The summed E-state index contributed by atoms with van der Waals surface area (Å²) in [6.07, 6.45) is 1.11. The molecular formula is C18H22Cl2N2O3S. The molecule has 2 aromatic rings. The van der Waals surface area contributed by atoms with E-state index in [1.807, 2.05) is 24.3 Å². The Morgan fingerprint density at radius 2 is 1.42 bits per heavy atom. The lowest BCUT2D eigenvalue weighted by atomic mass is 10.2. The number of halogens is 2. The lowest BCUT2D eigenvalue weighted by molar-refractivity contribution is 0.299. The number of sulfonamides is 1. The van der Waals surface area contributed by atoms with Crippen molar-refractivity contribution in [1.29, 1.82) is 0 Å². The quantitative estimate of drug-likeness (QED) is 0.591.